The molecule has 1 fully saturated rings. The van der Waals surface area contributed by atoms with Gasteiger partial charge in [-0.15, -0.1) is 0 Å². The van der Waals surface area contributed by atoms with E-state index < -0.39 is 12.6 Å². The molecule has 1 saturated heterocycles. The number of amides is 2. The second-order valence-electron chi connectivity index (χ2n) is 4.72. The van der Waals surface area contributed by atoms with Crippen LogP contribution in [0, 0.1) is 0 Å². The van der Waals surface area contributed by atoms with Crippen molar-refractivity contribution in [3.05, 3.63) is 24.3 Å². The lowest BCUT2D eigenvalue weighted by Crippen LogP contribution is -2.42. The Hall–Kier alpha value is -2.28. The molecule has 0 aromatic heterocycles. The van der Waals surface area contributed by atoms with Gasteiger partial charge in [0.1, 0.15) is 5.75 Å². The van der Waals surface area contributed by atoms with E-state index in [1.165, 1.54) is 0 Å². The lowest BCUT2D eigenvalue weighted by molar-refractivity contribution is -0.139. The Balaban J connectivity index is 1.85. The Kier molecular flexibility index (Phi) is 5.39. The first-order chi connectivity index (χ1) is 10.1. The van der Waals surface area contributed by atoms with Crippen molar-refractivity contribution in [2.24, 2.45) is 0 Å². The summed E-state index contributed by atoms with van der Waals surface area (Å²) in [6, 6.07) is 6.27. The molecule has 2 amide bonds. The van der Waals surface area contributed by atoms with Crippen LogP contribution in [-0.4, -0.2) is 43.0 Å². The van der Waals surface area contributed by atoms with E-state index >= 15 is 0 Å². The van der Waals surface area contributed by atoms with E-state index in [0.29, 0.717) is 18.0 Å². The van der Waals surface area contributed by atoms with E-state index in [0.717, 1.165) is 19.4 Å². The molecule has 1 aromatic carbocycles. The van der Waals surface area contributed by atoms with E-state index in [2.05, 4.69) is 10.6 Å². The van der Waals surface area contributed by atoms with E-state index in [1.54, 1.807) is 24.3 Å². The maximum Gasteiger partial charge on any atom is 0.341 e. The number of carbonyl (C=O) groups is 2. The number of hydrogen-bond acceptors (Lipinski definition) is 4. The fraction of sp³-hybridized carbons (Fsp3) is 0.429. The number of aliphatic carboxylic acids is 1. The number of benzene rings is 1. The van der Waals surface area contributed by atoms with Crippen molar-refractivity contribution in [3.63, 3.8) is 0 Å². The van der Waals surface area contributed by atoms with Gasteiger partial charge in [-0.1, -0.05) is 6.07 Å². The Bertz CT molecular complexity index is 500. The van der Waals surface area contributed by atoms with Crippen LogP contribution in [-0.2, 0) is 9.53 Å². The lowest BCUT2D eigenvalue weighted by Gasteiger charge is -2.23. The van der Waals surface area contributed by atoms with E-state index in [-0.39, 0.29) is 12.1 Å². The summed E-state index contributed by atoms with van der Waals surface area (Å²) in [5.74, 6) is -0.667. The summed E-state index contributed by atoms with van der Waals surface area (Å²) in [7, 11) is 0. The molecule has 1 aromatic rings. The lowest BCUT2D eigenvalue weighted by atomic mass is 10.1. The molecule has 0 saturated carbocycles. The highest BCUT2D eigenvalue weighted by Crippen LogP contribution is 2.17. The van der Waals surface area contributed by atoms with Crippen LogP contribution in [0.2, 0.25) is 0 Å². The zero-order valence-corrected chi connectivity index (χ0v) is 11.5. The van der Waals surface area contributed by atoms with Gasteiger partial charge in [0, 0.05) is 18.4 Å². The van der Waals surface area contributed by atoms with Gasteiger partial charge in [-0.25, -0.2) is 9.59 Å². The van der Waals surface area contributed by atoms with Crippen LogP contribution in [0.15, 0.2) is 24.3 Å². The molecule has 1 unspecified atom stereocenters. The van der Waals surface area contributed by atoms with Gasteiger partial charge in [0.25, 0.3) is 0 Å². The monoisotopic (exact) mass is 294 g/mol. The van der Waals surface area contributed by atoms with Crippen LogP contribution in [0.4, 0.5) is 10.5 Å². The number of urea groups is 1. The maximum atomic E-state index is 11.8. The average Bonchev–Trinajstić information content (AvgIpc) is 2.46. The van der Waals surface area contributed by atoms with Crippen LogP contribution in [0.1, 0.15) is 12.8 Å². The zero-order chi connectivity index (χ0) is 15.1. The third-order valence-electron chi connectivity index (χ3n) is 2.95. The molecule has 1 heterocycles. The van der Waals surface area contributed by atoms with Crippen molar-refractivity contribution >= 4 is 17.7 Å². The minimum Gasteiger partial charge on any atom is -0.482 e. The summed E-state index contributed by atoms with van der Waals surface area (Å²) < 4.78 is 10.3. The van der Waals surface area contributed by atoms with Crippen molar-refractivity contribution in [2.75, 3.05) is 25.1 Å². The Morgan fingerprint density at radius 3 is 3.00 bits per heavy atom. The van der Waals surface area contributed by atoms with E-state index in [4.69, 9.17) is 14.6 Å². The highest BCUT2D eigenvalue weighted by Gasteiger charge is 2.16. The molecule has 7 nitrogen and oxygen atoms in total. The van der Waals surface area contributed by atoms with Crippen molar-refractivity contribution in [1.82, 2.24) is 5.32 Å². The van der Waals surface area contributed by atoms with Crippen LogP contribution in [0.5, 0.6) is 5.75 Å². The van der Waals surface area contributed by atoms with Gasteiger partial charge in [-0.3, -0.25) is 0 Å². The molecule has 1 aliphatic heterocycles. The third-order valence-corrected chi connectivity index (χ3v) is 2.95. The van der Waals surface area contributed by atoms with Gasteiger partial charge >= 0.3 is 12.0 Å². The SMILES string of the molecule is O=C(O)COc1cccc(NC(=O)NC2CCCOC2)c1. The number of rotatable bonds is 5. The summed E-state index contributed by atoms with van der Waals surface area (Å²) in [6.45, 7) is 0.840. The van der Waals surface area contributed by atoms with Crippen LogP contribution in [0.3, 0.4) is 0 Å². The summed E-state index contributed by atoms with van der Waals surface area (Å²) >= 11 is 0. The number of hydrogen-bond donors (Lipinski definition) is 3. The summed E-state index contributed by atoms with van der Waals surface area (Å²) in [4.78, 5) is 22.3. The Morgan fingerprint density at radius 2 is 2.29 bits per heavy atom. The molecule has 3 N–H and O–H groups in total. The first kappa shape index (κ1) is 15.1. The summed E-state index contributed by atoms with van der Waals surface area (Å²) in [5, 5.41) is 14.1. The Labute approximate surface area is 122 Å². The highest BCUT2D eigenvalue weighted by molar-refractivity contribution is 5.89. The van der Waals surface area contributed by atoms with Gasteiger partial charge in [0.2, 0.25) is 0 Å². The second kappa shape index (κ2) is 7.49. The standard InChI is InChI=1S/C14H18N2O5/c17-13(18)9-21-12-5-1-3-10(7-12)15-14(19)16-11-4-2-6-20-8-11/h1,3,5,7,11H,2,4,6,8-9H2,(H,17,18)(H2,15,16,19). The molecule has 21 heavy (non-hydrogen) atoms. The molecule has 0 spiro atoms. The predicted octanol–water partition coefficient (Wildman–Crippen LogP) is 1.45. The van der Waals surface area contributed by atoms with Crippen molar-refractivity contribution in [3.8, 4) is 5.75 Å². The fourth-order valence-electron chi connectivity index (χ4n) is 2.02. The molecule has 114 valence electrons. The van der Waals surface area contributed by atoms with Gasteiger partial charge in [0.05, 0.1) is 12.6 Å². The van der Waals surface area contributed by atoms with Crippen molar-refractivity contribution < 1.29 is 24.2 Å². The number of carboxylic acid groups (broad SMARTS) is 1. The molecule has 7 heteroatoms. The second-order valence-corrected chi connectivity index (χ2v) is 4.72. The number of nitrogens with one attached hydrogen (secondary N) is 2. The maximum absolute atomic E-state index is 11.8. The first-order valence-corrected chi connectivity index (χ1v) is 6.73. The highest BCUT2D eigenvalue weighted by atomic mass is 16.5. The molecule has 1 atom stereocenters. The largest absolute Gasteiger partial charge is 0.482 e. The summed E-state index contributed by atoms with van der Waals surface area (Å²) in [6.07, 6.45) is 1.83. The predicted molar refractivity (Wildman–Crippen MR) is 75.6 cm³/mol. The molecular weight excluding hydrogens is 276 g/mol. The van der Waals surface area contributed by atoms with Gasteiger partial charge in [-0.05, 0) is 25.0 Å². The normalized spacial score (nSPS) is 17.8. The zero-order valence-electron chi connectivity index (χ0n) is 11.5. The van der Waals surface area contributed by atoms with Crippen molar-refractivity contribution in [1.29, 1.82) is 0 Å². The number of ether oxygens (including phenoxy) is 2. The van der Waals surface area contributed by atoms with Gasteiger partial charge in [-0.2, -0.15) is 0 Å². The van der Waals surface area contributed by atoms with E-state index in [9.17, 15) is 9.59 Å². The first-order valence-electron chi connectivity index (χ1n) is 6.73. The molecular formula is C14H18N2O5. The smallest absolute Gasteiger partial charge is 0.341 e. The van der Waals surface area contributed by atoms with Crippen LogP contribution < -0.4 is 15.4 Å². The number of anilines is 1. The van der Waals surface area contributed by atoms with Gasteiger partial charge < -0.3 is 25.2 Å². The third kappa shape index (κ3) is 5.31. The molecule has 1 aliphatic rings. The Morgan fingerprint density at radius 1 is 1.43 bits per heavy atom. The number of carbonyl (C=O) groups excluding carboxylic acids is 1. The molecule has 2 rings (SSSR count). The van der Waals surface area contributed by atoms with Gasteiger partial charge in [0.15, 0.2) is 6.61 Å². The topological polar surface area (TPSA) is 96.9 Å². The molecule has 0 aliphatic carbocycles. The van der Waals surface area contributed by atoms with Crippen LogP contribution in [0.25, 0.3) is 0 Å². The average molecular weight is 294 g/mol. The quantitative estimate of drug-likeness (QED) is 0.763. The minimum absolute atomic E-state index is 0.0187. The molecule has 0 radical (unpaired) electrons. The minimum atomic E-state index is -1.05. The summed E-state index contributed by atoms with van der Waals surface area (Å²) in [5.41, 5.74) is 0.534. The van der Waals surface area contributed by atoms with E-state index in [1.807, 2.05) is 0 Å². The number of carboxylic acids is 1. The fourth-order valence-corrected chi connectivity index (χ4v) is 2.02. The molecule has 0 bridgehead atoms. The van der Waals surface area contributed by atoms with Crippen LogP contribution >= 0.6 is 0 Å². The van der Waals surface area contributed by atoms with Crippen molar-refractivity contribution in [2.45, 2.75) is 18.9 Å².